The number of methoxy groups -OCH3 is 3. The maximum atomic E-state index is 13.8. The minimum Gasteiger partial charge on any atom is -0.497 e. The number of benzene rings is 3. The second-order valence-electron chi connectivity index (χ2n) is 7.48. The summed E-state index contributed by atoms with van der Waals surface area (Å²) in [4.78, 5) is 26.9. The number of carbonyl (C=O) groups is 2. The van der Waals surface area contributed by atoms with Crippen LogP contribution in [-0.2, 0) is 16.0 Å². The fourth-order valence-corrected chi connectivity index (χ4v) is 3.79. The standard InChI is InChI=1S/C27H24O7/c1-30-20-11-9-18(10-12-20)25(28)21(13-17-7-5-4-6-8-17)24(27(29)32-3)19-14-22(31-2)26-23(15-19)33-16-34-26/h4-12,14-15H,13,16H2,1-3H3/b24-21-. The second kappa shape index (κ2) is 10.1. The summed E-state index contributed by atoms with van der Waals surface area (Å²) in [5.41, 5.74) is 2.13. The van der Waals surface area contributed by atoms with Crippen molar-refractivity contribution >= 4 is 17.3 Å². The zero-order valence-corrected chi connectivity index (χ0v) is 19.1. The third-order valence-corrected chi connectivity index (χ3v) is 5.49. The van der Waals surface area contributed by atoms with Crippen LogP contribution in [0.15, 0.2) is 72.3 Å². The van der Waals surface area contributed by atoms with Crippen LogP contribution in [0.4, 0.5) is 0 Å². The van der Waals surface area contributed by atoms with E-state index >= 15 is 0 Å². The lowest BCUT2D eigenvalue weighted by Gasteiger charge is -2.16. The van der Waals surface area contributed by atoms with Crippen molar-refractivity contribution in [1.82, 2.24) is 0 Å². The van der Waals surface area contributed by atoms with E-state index in [4.69, 9.17) is 23.7 Å². The monoisotopic (exact) mass is 460 g/mol. The molecule has 0 unspecified atom stereocenters. The molecule has 4 rings (SSSR count). The summed E-state index contributed by atoms with van der Waals surface area (Å²) < 4.78 is 26.8. The van der Waals surface area contributed by atoms with E-state index in [-0.39, 0.29) is 30.1 Å². The van der Waals surface area contributed by atoms with Crippen molar-refractivity contribution in [2.45, 2.75) is 6.42 Å². The van der Waals surface area contributed by atoms with Crippen molar-refractivity contribution < 1.29 is 33.3 Å². The fraction of sp³-hybridized carbons (Fsp3) is 0.185. The van der Waals surface area contributed by atoms with E-state index in [0.717, 1.165) is 5.56 Å². The molecule has 1 aliphatic rings. The van der Waals surface area contributed by atoms with Gasteiger partial charge in [-0.15, -0.1) is 0 Å². The van der Waals surface area contributed by atoms with Gasteiger partial charge >= 0.3 is 5.97 Å². The molecule has 7 nitrogen and oxygen atoms in total. The first-order valence-electron chi connectivity index (χ1n) is 10.6. The van der Waals surface area contributed by atoms with Crippen LogP contribution in [-0.4, -0.2) is 39.9 Å². The van der Waals surface area contributed by atoms with Gasteiger partial charge in [-0.1, -0.05) is 30.3 Å². The molecule has 0 aromatic heterocycles. The number of hydrogen-bond donors (Lipinski definition) is 0. The van der Waals surface area contributed by atoms with Crippen molar-refractivity contribution in [2.75, 3.05) is 28.1 Å². The van der Waals surface area contributed by atoms with Crippen LogP contribution in [0.2, 0.25) is 0 Å². The number of Topliss-reactive ketones (excluding diaryl/α,β-unsaturated/α-hetero) is 1. The Morgan fingerprint density at radius 2 is 1.59 bits per heavy atom. The van der Waals surface area contributed by atoms with Crippen LogP contribution >= 0.6 is 0 Å². The van der Waals surface area contributed by atoms with E-state index < -0.39 is 5.97 Å². The molecule has 0 spiro atoms. The van der Waals surface area contributed by atoms with Crippen LogP contribution < -0.4 is 18.9 Å². The van der Waals surface area contributed by atoms with Crippen LogP contribution in [0.3, 0.4) is 0 Å². The largest absolute Gasteiger partial charge is 0.497 e. The Balaban J connectivity index is 1.93. The molecule has 0 bridgehead atoms. The predicted octanol–water partition coefficient (Wildman–Crippen LogP) is 4.48. The van der Waals surface area contributed by atoms with Gasteiger partial charge in [-0.25, -0.2) is 4.79 Å². The lowest BCUT2D eigenvalue weighted by Crippen LogP contribution is -2.15. The maximum Gasteiger partial charge on any atom is 0.338 e. The minimum absolute atomic E-state index is 0.0358. The van der Waals surface area contributed by atoms with Crippen molar-refractivity contribution in [1.29, 1.82) is 0 Å². The Morgan fingerprint density at radius 3 is 2.24 bits per heavy atom. The lowest BCUT2D eigenvalue weighted by molar-refractivity contribution is -0.133. The molecule has 1 heterocycles. The smallest absolute Gasteiger partial charge is 0.338 e. The molecule has 0 atom stereocenters. The number of carbonyl (C=O) groups excluding carboxylic acids is 2. The van der Waals surface area contributed by atoms with Gasteiger partial charge in [0.2, 0.25) is 12.5 Å². The molecule has 7 heteroatoms. The average Bonchev–Trinajstić information content (AvgIpc) is 3.36. The Hall–Kier alpha value is -4.26. The highest BCUT2D eigenvalue weighted by Crippen LogP contribution is 2.44. The number of allylic oxidation sites excluding steroid dienone is 1. The highest BCUT2D eigenvalue weighted by molar-refractivity contribution is 6.27. The number of esters is 1. The molecule has 3 aromatic carbocycles. The first kappa shape index (κ1) is 22.9. The van der Waals surface area contributed by atoms with E-state index in [9.17, 15) is 9.59 Å². The summed E-state index contributed by atoms with van der Waals surface area (Å²) in [7, 11) is 4.33. The molecule has 34 heavy (non-hydrogen) atoms. The van der Waals surface area contributed by atoms with E-state index in [1.807, 2.05) is 30.3 Å². The van der Waals surface area contributed by atoms with E-state index in [1.54, 1.807) is 43.5 Å². The van der Waals surface area contributed by atoms with E-state index in [0.29, 0.717) is 34.1 Å². The average molecular weight is 460 g/mol. The molecule has 0 fully saturated rings. The first-order valence-corrected chi connectivity index (χ1v) is 10.6. The topological polar surface area (TPSA) is 80.3 Å². The molecule has 0 saturated heterocycles. The van der Waals surface area contributed by atoms with Crippen LogP contribution in [0.25, 0.3) is 5.57 Å². The zero-order chi connectivity index (χ0) is 24.1. The summed E-state index contributed by atoms with van der Waals surface area (Å²) in [5.74, 6) is 0.937. The minimum atomic E-state index is -0.645. The van der Waals surface area contributed by atoms with Crippen molar-refractivity contribution in [2.24, 2.45) is 0 Å². The molecule has 174 valence electrons. The molecule has 3 aromatic rings. The highest BCUT2D eigenvalue weighted by atomic mass is 16.7. The molecule has 0 amide bonds. The summed E-state index contributed by atoms with van der Waals surface area (Å²) in [5, 5.41) is 0. The molecule has 0 N–H and O–H groups in total. The Morgan fingerprint density at radius 1 is 0.853 bits per heavy atom. The third-order valence-electron chi connectivity index (χ3n) is 5.49. The fourth-order valence-electron chi connectivity index (χ4n) is 3.79. The van der Waals surface area contributed by atoms with Gasteiger partial charge in [-0.3, -0.25) is 4.79 Å². The van der Waals surface area contributed by atoms with Gasteiger partial charge in [0.25, 0.3) is 0 Å². The number of hydrogen-bond acceptors (Lipinski definition) is 7. The van der Waals surface area contributed by atoms with Gasteiger partial charge in [0, 0.05) is 17.6 Å². The second-order valence-corrected chi connectivity index (χ2v) is 7.48. The molecule has 0 radical (unpaired) electrons. The van der Waals surface area contributed by atoms with Gasteiger partial charge in [0.1, 0.15) is 5.75 Å². The van der Waals surface area contributed by atoms with Gasteiger partial charge < -0.3 is 23.7 Å². The van der Waals surface area contributed by atoms with Crippen LogP contribution in [0, 0.1) is 0 Å². The summed E-state index contributed by atoms with van der Waals surface area (Å²) in [6.45, 7) is 0.0358. The summed E-state index contributed by atoms with van der Waals surface area (Å²) in [6, 6.07) is 19.5. The van der Waals surface area contributed by atoms with Gasteiger partial charge in [-0.05, 0) is 47.5 Å². The predicted molar refractivity (Wildman–Crippen MR) is 126 cm³/mol. The number of ketones is 1. The SMILES string of the molecule is COC(=O)/C(=C(/Cc1ccccc1)C(=O)c1ccc(OC)cc1)c1cc(OC)c2c(c1)OCO2. The van der Waals surface area contributed by atoms with Crippen LogP contribution in [0.5, 0.6) is 23.0 Å². The highest BCUT2D eigenvalue weighted by Gasteiger charge is 2.28. The van der Waals surface area contributed by atoms with E-state index in [2.05, 4.69) is 0 Å². The van der Waals surface area contributed by atoms with Crippen molar-refractivity contribution in [3.05, 3.63) is 89.0 Å². The quantitative estimate of drug-likeness (QED) is 0.278. The third kappa shape index (κ3) is 4.59. The van der Waals surface area contributed by atoms with Crippen molar-refractivity contribution in [3.8, 4) is 23.0 Å². The normalized spacial score (nSPS) is 12.6. The maximum absolute atomic E-state index is 13.8. The molecule has 0 saturated carbocycles. The summed E-state index contributed by atoms with van der Waals surface area (Å²) >= 11 is 0. The Kier molecular flexibility index (Phi) is 6.82. The lowest BCUT2D eigenvalue weighted by atomic mass is 9.89. The summed E-state index contributed by atoms with van der Waals surface area (Å²) in [6.07, 6.45) is 0.215. The number of ether oxygens (including phenoxy) is 5. The zero-order valence-electron chi connectivity index (χ0n) is 19.1. The van der Waals surface area contributed by atoms with Gasteiger partial charge in [0.05, 0.1) is 26.9 Å². The molecular weight excluding hydrogens is 436 g/mol. The Labute approximate surface area is 197 Å². The van der Waals surface area contributed by atoms with E-state index in [1.165, 1.54) is 14.2 Å². The van der Waals surface area contributed by atoms with Gasteiger partial charge in [-0.2, -0.15) is 0 Å². The van der Waals surface area contributed by atoms with Gasteiger partial charge in [0.15, 0.2) is 17.3 Å². The van der Waals surface area contributed by atoms with Crippen molar-refractivity contribution in [3.63, 3.8) is 0 Å². The molecule has 0 aliphatic carbocycles. The number of rotatable bonds is 8. The van der Waals surface area contributed by atoms with Crippen LogP contribution in [0.1, 0.15) is 21.5 Å². The molecular formula is C27H24O7. The number of fused-ring (bicyclic) bond motifs is 1. The molecule has 1 aliphatic heterocycles. The Bertz CT molecular complexity index is 1230. The first-order chi connectivity index (χ1) is 16.5.